The van der Waals surface area contributed by atoms with E-state index < -0.39 is 5.91 Å². The molecule has 18 heavy (non-hydrogen) atoms. The first kappa shape index (κ1) is 14.1. The lowest BCUT2D eigenvalue weighted by molar-refractivity contribution is -0.112. The van der Waals surface area contributed by atoms with Gasteiger partial charge >= 0.3 is 0 Å². The summed E-state index contributed by atoms with van der Waals surface area (Å²) in [5.74, 6) is -0.727. The summed E-state index contributed by atoms with van der Waals surface area (Å²) in [6.45, 7) is 2.43. The SMILES string of the molecule is CCCCO/N=C(/C(N)=O)c1csc(NC=O)n1. The van der Waals surface area contributed by atoms with Crippen molar-refractivity contribution < 1.29 is 14.4 Å². The summed E-state index contributed by atoms with van der Waals surface area (Å²) in [7, 11) is 0. The number of nitrogens with zero attached hydrogens (tertiary/aromatic N) is 2. The third-order valence-corrected chi connectivity index (χ3v) is 2.68. The van der Waals surface area contributed by atoms with Crippen LogP contribution >= 0.6 is 11.3 Å². The minimum Gasteiger partial charge on any atom is -0.395 e. The highest BCUT2D eigenvalue weighted by atomic mass is 32.1. The van der Waals surface area contributed by atoms with Crippen LogP contribution in [-0.4, -0.2) is 29.6 Å². The van der Waals surface area contributed by atoms with E-state index >= 15 is 0 Å². The van der Waals surface area contributed by atoms with Crippen LogP contribution in [0.2, 0.25) is 0 Å². The number of aromatic nitrogens is 1. The molecule has 0 saturated carbocycles. The van der Waals surface area contributed by atoms with Gasteiger partial charge in [-0.3, -0.25) is 9.59 Å². The highest BCUT2D eigenvalue weighted by Crippen LogP contribution is 2.15. The number of primary amides is 1. The number of anilines is 1. The van der Waals surface area contributed by atoms with Gasteiger partial charge in [0, 0.05) is 5.38 Å². The highest BCUT2D eigenvalue weighted by Gasteiger charge is 2.15. The zero-order valence-corrected chi connectivity index (χ0v) is 10.7. The average Bonchev–Trinajstić information content (AvgIpc) is 2.77. The van der Waals surface area contributed by atoms with Crippen LogP contribution in [-0.2, 0) is 14.4 Å². The van der Waals surface area contributed by atoms with E-state index in [4.69, 9.17) is 10.6 Å². The van der Waals surface area contributed by atoms with Crippen LogP contribution in [0.4, 0.5) is 5.13 Å². The van der Waals surface area contributed by atoms with E-state index in [-0.39, 0.29) is 11.4 Å². The molecule has 3 N–H and O–H groups in total. The molecule has 8 heteroatoms. The molecule has 7 nitrogen and oxygen atoms in total. The molecular weight excluding hydrogens is 256 g/mol. The van der Waals surface area contributed by atoms with Crippen molar-refractivity contribution in [3.05, 3.63) is 11.1 Å². The van der Waals surface area contributed by atoms with Gasteiger partial charge in [-0.2, -0.15) is 0 Å². The molecule has 1 rings (SSSR count). The fraction of sp³-hybridized carbons (Fsp3) is 0.400. The lowest BCUT2D eigenvalue weighted by atomic mass is 10.3. The second-order valence-electron chi connectivity index (χ2n) is 3.29. The Morgan fingerprint density at radius 2 is 2.50 bits per heavy atom. The predicted molar refractivity (Wildman–Crippen MR) is 68.4 cm³/mol. The van der Waals surface area contributed by atoms with Gasteiger partial charge in [-0.15, -0.1) is 11.3 Å². The van der Waals surface area contributed by atoms with Gasteiger partial charge in [-0.25, -0.2) is 4.98 Å². The Morgan fingerprint density at radius 3 is 3.11 bits per heavy atom. The third kappa shape index (κ3) is 4.13. The number of nitrogens with two attached hydrogens (primary N) is 1. The van der Waals surface area contributed by atoms with Crippen molar-refractivity contribution in [2.24, 2.45) is 10.9 Å². The van der Waals surface area contributed by atoms with E-state index in [1.807, 2.05) is 6.92 Å². The highest BCUT2D eigenvalue weighted by molar-refractivity contribution is 7.14. The number of amides is 2. The van der Waals surface area contributed by atoms with Crippen molar-refractivity contribution >= 4 is 34.5 Å². The Bertz CT molecular complexity index is 444. The number of nitrogens with one attached hydrogen (secondary N) is 1. The molecule has 1 aromatic heterocycles. The molecule has 0 atom stereocenters. The van der Waals surface area contributed by atoms with Crippen LogP contribution in [0.25, 0.3) is 0 Å². The van der Waals surface area contributed by atoms with Crippen LogP contribution in [0.3, 0.4) is 0 Å². The largest absolute Gasteiger partial charge is 0.395 e. The number of hydrogen-bond donors (Lipinski definition) is 2. The van der Waals surface area contributed by atoms with Crippen LogP contribution in [0.5, 0.6) is 0 Å². The number of rotatable bonds is 8. The molecule has 0 unspecified atom stereocenters. The predicted octanol–water partition coefficient (Wildman–Crippen LogP) is 0.718. The van der Waals surface area contributed by atoms with Crippen molar-refractivity contribution in [2.45, 2.75) is 19.8 Å². The van der Waals surface area contributed by atoms with E-state index in [9.17, 15) is 9.59 Å². The minimum atomic E-state index is -0.727. The van der Waals surface area contributed by atoms with Crippen molar-refractivity contribution in [2.75, 3.05) is 11.9 Å². The fourth-order valence-corrected chi connectivity index (χ4v) is 1.69. The zero-order valence-electron chi connectivity index (χ0n) is 9.88. The molecular formula is C10H14N4O3S. The van der Waals surface area contributed by atoms with Crippen LogP contribution in [0.15, 0.2) is 10.5 Å². The van der Waals surface area contributed by atoms with Gasteiger partial charge in [0.2, 0.25) is 6.41 Å². The summed E-state index contributed by atoms with van der Waals surface area (Å²) in [6.07, 6.45) is 2.30. The first-order chi connectivity index (χ1) is 8.69. The number of thiazole rings is 1. The Hall–Kier alpha value is -1.96. The van der Waals surface area contributed by atoms with Gasteiger partial charge in [0.05, 0.1) is 0 Å². The van der Waals surface area contributed by atoms with E-state index in [1.165, 1.54) is 11.3 Å². The van der Waals surface area contributed by atoms with Gasteiger partial charge in [0.1, 0.15) is 12.3 Å². The fourth-order valence-electron chi connectivity index (χ4n) is 1.04. The van der Waals surface area contributed by atoms with Crippen molar-refractivity contribution in [1.29, 1.82) is 0 Å². The van der Waals surface area contributed by atoms with E-state index in [0.29, 0.717) is 18.1 Å². The zero-order chi connectivity index (χ0) is 13.4. The van der Waals surface area contributed by atoms with Gasteiger partial charge in [-0.05, 0) is 6.42 Å². The molecule has 0 aromatic carbocycles. The molecule has 1 heterocycles. The van der Waals surface area contributed by atoms with Gasteiger partial charge in [0.15, 0.2) is 10.8 Å². The maximum Gasteiger partial charge on any atom is 0.273 e. The molecule has 2 amide bonds. The molecule has 98 valence electrons. The number of carbonyl (C=O) groups is 2. The van der Waals surface area contributed by atoms with E-state index in [2.05, 4.69) is 15.5 Å². The summed E-state index contributed by atoms with van der Waals surface area (Å²) in [6, 6.07) is 0. The van der Waals surface area contributed by atoms with Crippen LogP contribution in [0.1, 0.15) is 25.5 Å². The standard InChI is InChI=1S/C10H14N4O3S/c1-2-3-4-17-14-8(9(11)16)7-5-18-10(13-7)12-6-15/h5-6H,2-4H2,1H3,(H2,11,16)(H,12,13,15)/b14-8+. The molecule has 0 bridgehead atoms. The first-order valence-corrected chi connectivity index (χ1v) is 6.22. The number of oxime groups is 1. The third-order valence-electron chi connectivity index (χ3n) is 1.91. The summed E-state index contributed by atoms with van der Waals surface area (Å²) in [5, 5.41) is 7.98. The van der Waals surface area contributed by atoms with Gasteiger partial charge in [-0.1, -0.05) is 18.5 Å². The number of hydrogen-bond acceptors (Lipinski definition) is 6. The Kier molecular flexibility index (Phi) is 5.78. The lowest BCUT2D eigenvalue weighted by Crippen LogP contribution is -2.25. The molecule has 0 radical (unpaired) electrons. The van der Waals surface area contributed by atoms with E-state index in [1.54, 1.807) is 5.38 Å². The number of unbranched alkanes of at least 4 members (excludes halogenated alkanes) is 1. The Morgan fingerprint density at radius 1 is 1.72 bits per heavy atom. The molecule has 0 spiro atoms. The van der Waals surface area contributed by atoms with E-state index in [0.717, 1.165) is 12.8 Å². The molecule has 0 fully saturated rings. The Labute approximate surface area is 108 Å². The minimum absolute atomic E-state index is 0.0543. The van der Waals surface area contributed by atoms with Crippen molar-refractivity contribution in [1.82, 2.24) is 4.98 Å². The molecule has 0 saturated heterocycles. The second kappa shape index (κ2) is 7.38. The molecule has 0 aliphatic rings. The molecule has 0 aliphatic heterocycles. The van der Waals surface area contributed by atoms with Crippen molar-refractivity contribution in [3.8, 4) is 0 Å². The number of carbonyl (C=O) groups excluding carboxylic acids is 2. The second-order valence-corrected chi connectivity index (χ2v) is 4.15. The smallest absolute Gasteiger partial charge is 0.273 e. The summed E-state index contributed by atoms with van der Waals surface area (Å²) in [4.78, 5) is 30.4. The molecule has 1 aromatic rings. The van der Waals surface area contributed by atoms with Crippen LogP contribution < -0.4 is 11.1 Å². The normalized spacial score (nSPS) is 11.1. The first-order valence-electron chi connectivity index (χ1n) is 5.34. The lowest BCUT2D eigenvalue weighted by Gasteiger charge is -2.00. The quantitative estimate of drug-likeness (QED) is 0.314. The monoisotopic (exact) mass is 270 g/mol. The summed E-state index contributed by atoms with van der Waals surface area (Å²) < 4.78 is 0. The summed E-state index contributed by atoms with van der Waals surface area (Å²) >= 11 is 1.17. The molecule has 0 aliphatic carbocycles. The maximum atomic E-state index is 11.2. The van der Waals surface area contributed by atoms with Crippen LogP contribution in [0, 0.1) is 0 Å². The topological polar surface area (TPSA) is 107 Å². The van der Waals surface area contributed by atoms with Crippen molar-refractivity contribution in [3.63, 3.8) is 0 Å². The van der Waals surface area contributed by atoms with Gasteiger partial charge < -0.3 is 15.9 Å². The van der Waals surface area contributed by atoms with Gasteiger partial charge in [0.25, 0.3) is 5.91 Å². The Balaban J connectivity index is 2.76. The maximum absolute atomic E-state index is 11.2. The summed E-state index contributed by atoms with van der Waals surface area (Å²) in [5.41, 5.74) is 5.42. The average molecular weight is 270 g/mol.